The van der Waals surface area contributed by atoms with Gasteiger partial charge in [-0.15, -0.1) is 0 Å². The third-order valence-corrected chi connectivity index (χ3v) is 7.31. The van der Waals surface area contributed by atoms with Gasteiger partial charge in [-0.2, -0.15) is 13.2 Å². The van der Waals surface area contributed by atoms with E-state index in [9.17, 15) is 27.6 Å². The number of alkyl halides is 3. The number of carbonyl (C=O) groups excluding carboxylic acids is 3. The molecular weight excluding hydrogens is 615 g/mol. The summed E-state index contributed by atoms with van der Waals surface area (Å²) < 4.78 is 52.7. The van der Waals surface area contributed by atoms with Crippen molar-refractivity contribution in [2.45, 2.75) is 45.6 Å². The van der Waals surface area contributed by atoms with Gasteiger partial charge in [-0.25, -0.2) is 19.5 Å². The van der Waals surface area contributed by atoms with E-state index in [2.05, 4.69) is 4.98 Å². The van der Waals surface area contributed by atoms with Crippen molar-refractivity contribution in [1.82, 2.24) is 19.4 Å². The maximum Gasteiger partial charge on any atom is 0.419 e. The number of aromatic nitrogens is 2. The normalized spacial score (nSPS) is 13.7. The van der Waals surface area contributed by atoms with E-state index in [0.717, 1.165) is 17.7 Å². The minimum Gasteiger partial charge on any atom is -0.497 e. The number of hydrogen-bond acceptors (Lipinski definition) is 6. The maximum atomic E-state index is 13.6. The highest BCUT2D eigenvalue weighted by molar-refractivity contribution is 6.02. The largest absolute Gasteiger partial charge is 0.497 e. The third-order valence-electron chi connectivity index (χ3n) is 7.31. The number of urea groups is 1. The number of amides is 4. The minimum atomic E-state index is -4.56. The van der Waals surface area contributed by atoms with E-state index < -0.39 is 29.5 Å². The average Bonchev–Trinajstić information content (AvgIpc) is 3.55. The van der Waals surface area contributed by atoms with Gasteiger partial charge < -0.3 is 18.9 Å². The van der Waals surface area contributed by atoms with Crippen molar-refractivity contribution in [1.29, 1.82) is 0 Å². The van der Waals surface area contributed by atoms with Crippen molar-refractivity contribution in [3.05, 3.63) is 95.9 Å². The number of benzene rings is 3. The Morgan fingerprint density at radius 3 is 2.17 bits per heavy atom. The van der Waals surface area contributed by atoms with E-state index in [1.165, 1.54) is 26.8 Å². The molecule has 3 aromatic carbocycles. The highest BCUT2D eigenvalue weighted by Gasteiger charge is 2.36. The average molecular weight is 650 g/mol. The van der Waals surface area contributed by atoms with Crippen LogP contribution in [0.3, 0.4) is 0 Å². The van der Waals surface area contributed by atoms with Gasteiger partial charge in [-0.1, -0.05) is 18.2 Å². The van der Waals surface area contributed by atoms with Gasteiger partial charge >= 0.3 is 18.3 Å². The fourth-order valence-electron chi connectivity index (χ4n) is 5.09. The summed E-state index contributed by atoms with van der Waals surface area (Å²) in [6.07, 6.45) is -2.07. The van der Waals surface area contributed by atoms with Crippen LogP contribution in [0, 0.1) is 0 Å². The number of rotatable bonds is 8. The Kier molecular flexibility index (Phi) is 9.01. The van der Waals surface area contributed by atoms with E-state index in [1.807, 2.05) is 0 Å². The molecule has 1 saturated heterocycles. The molecule has 1 aliphatic heterocycles. The minimum absolute atomic E-state index is 0.0799. The van der Waals surface area contributed by atoms with Gasteiger partial charge in [-0.3, -0.25) is 9.69 Å². The van der Waals surface area contributed by atoms with Crippen molar-refractivity contribution < 1.29 is 37.0 Å². The van der Waals surface area contributed by atoms with Crippen LogP contribution in [0.15, 0.2) is 79.3 Å². The lowest BCUT2D eigenvalue weighted by molar-refractivity contribution is -0.137. The zero-order valence-corrected chi connectivity index (χ0v) is 26.5. The highest BCUT2D eigenvalue weighted by Crippen LogP contribution is 2.38. The molecule has 47 heavy (non-hydrogen) atoms. The second-order valence-corrected chi connectivity index (χ2v) is 12.1. The van der Waals surface area contributed by atoms with E-state index >= 15 is 0 Å². The molecule has 0 unspecified atom stereocenters. The second-order valence-electron chi connectivity index (χ2n) is 12.1. The Bertz CT molecular complexity index is 1780. The van der Waals surface area contributed by atoms with Crippen LogP contribution < -0.4 is 9.64 Å². The van der Waals surface area contributed by atoms with Crippen LogP contribution in [0.5, 0.6) is 5.75 Å². The number of aryl methyl sites for hydroxylation is 1. The van der Waals surface area contributed by atoms with Gasteiger partial charge in [0, 0.05) is 25.4 Å². The molecule has 4 aromatic rings. The van der Waals surface area contributed by atoms with Gasteiger partial charge in [0.25, 0.3) is 5.91 Å². The molecule has 1 fully saturated rings. The second kappa shape index (κ2) is 12.8. The summed E-state index contributed by atoms with van der Waals surface area (Å²) in [7, 11) is 3.32. The molecule has 10 nitrogen and oxygen atoms in total. The van der Waals surface area contributed by atoms with Crippen LogP contribution in [0.1, 0.15) is 37.5 Å². The standard InChI is InChI=1S/C34H34F3N5O5/c1-33(2,3)47-32(45)42(25-11-9-24(10-12-25)34(35,36)37)29-15-8-23(16-27(29)28-19-39(4)21-38-28)17-40-20-30(43)41(31(40)44)18-22-6-13-26(46-5)14-7-22/h6-16,19,21H,17-18,20H2,1-5H3. The number of anilines is 2. The van der Waals surface area contributed by atoms with Crippen molar-refractivity contribution in [3.8, 4) is 17.0 Å². The number of methoxy groups -OCH3 is 1. The summed E-state index contributed by atoms with van der Waals surface area (Å²) in [6.45, 7) is 5.12. The quantitative estimate of drug-likeness (QED) is 0.188. The number of nitrogens with zero attached hydrogens (tertiary/aromatic N) is 5. The molecular formula is C34H34F3N5O5. The molecule has 0 N–H and O–H groups in total. The molecule has 246 valence electrons. The van der Waals surface area contributed by atoms with Crippen LogP contribution in [-0.2, 0) is 35.8 Å². The number of imide groups is 1. The van der Waals surface area contributed by atoms with Crippen LogP contribution in [-0.4, -0.2) is 56.6 Å². The SMILES string of the molecule is COc1ccc(CN2C(=O)CN(Cc3ccc(N(C(=O)OC(C)(C)C)c4ccc(C(F)(F)F)cc4)c(-c4cn(C)cn4)c3)C2=O)cc1. The van der Waals surface area contributed by atoms with Crippen molar-refractivity contribution in [3.63, 3.8) is 0 Å². The zero-order valence-electron chi connectivity index (χ0n) is 26.5. The Labute approximate surface area is 269 Å². The van der Waals surface area contributed by atoms with Crippen molar-refractivity contribution >= 4 is 29.4 Å². The number of imidazole rings is 1. The van der Waals surface area contributed by atoms with Gasteiger partial charge in [0.1, 0.15) is 17.9 Å². The maximum absolute atomic E-state index is 13.6. The monoisotopic (exact) mass is 649 g/mol. The molecule has 1 aromatic heterocycles. The van der Waals surface area contributed by atoms with Gasteiger partial charge in [0.05, 0.1) is 42.6 Å². The first kappa shape index (κ1) is 33.0. The molecule has 0 bridgehead atoms. The fraction of sp³-hybridized carbons (Fsp3) is 0.294. The summed E-state index contributed by atoms with van der Waals surface area (Å²) in [6, 6.07) is 15.9. The van der Waals surface area contributed by atoms with E-state index in [-0.39, 0.29) is 31.2 Å². The molecule has 2 heterocycles. The summed E-state index contributed by atoms with van der Waals surface area (Å²) >= 11 is 0. The Morgan fingerprint density at radius 1 is 0.936 bits per heavy atom. The van der Waals surface area contributed by atoms with Crippen LogP contribution in [0.2, 0.25) is 0 Å². The Hall–Kier alpha value is -5.33. The molecule has 1 aliphatic rings. The number of ether oxygens (including phenoxy) is 2. The molecule has 5 rings (SSSR count). The highest BCUT2D eigenvalue weighted by atomic mass is 19.4. The fourth-order valence-corrected chi connectivity index (χ4v) is 5.09. The first-order valence-electron chi connectivity index (χ1n) is 14.7. The molecule has 4 amide bonds. The summed E-state index contributed by atoms with van der Waals surface area (Å²) in [5.74, 6) is 0.316. The molecule has 0 saturated carbocycles. The lowest BCUT2D eigenvalue weighted by Gasteiger charge is -2.29. The van der Waals surface area contributed by atoms with E-state index in [0.29, 0.717) is 28.3 Å². The van der Waals surface area contributed by atoms with Gasteiger partial charge in [0.2, 0.25) is 0 Å². The van der Waals surface area contributed by atoms with Gasteiger partial charge in [0.15, 0.2) is 0 Å². The molecule has 0 aliphatic carbocycles. The lowest BCUT2D eigenvalue weighted by atomic mass is 10.0. The topological polar surface area (TPSA) is 97.2 Å². The molecule has 0 atom stereocenters. The number of halogens is 3. The lowest BCUT2D eigenvalue weighted by Crippen LogP contribution is -2.34. The molecule has 0 radical (unpaired) electrons. The Balaban J connectivity index is 1.49. The number of hydrogen-bond donors (Lipinski definition) is 0. The molecule has 0 spiro atoms. The first-order chi connectivity index (χ1) is 22.1. The van der Waals surface area contributed by atoms with Crippen LogP contribution in [0.25, 0.3) is 11.3 Å². The third kappa shape index (κ3) is 7.56. The first-order valence-corrected chi connectivity index (χ1v) is 14.7. The van der Waals surface area contributed by atoms with E-state index in [4.69, 9.17) is 9.47 Å². The zero-order chi connectivity index (χ0) is 34.1. The van der Waals surface area contributed by atoms with Crippen LogP contribution >= 0.6 is 0 Å². The predicted molar refractivity (Wildman–Crippen MR) is 168 cm³/mol. The van der Waals surface area contributed by atoms with Crippen LogP contribution in [0.4, 0.5) is 34.1 Å². The van der Waals surface area contributed by atoms with Crippen molar-refractivity contribution in [2.75, 3.05) is 18.6 Å². The summed E-state index contributed by atoms with van der Waals surface area (Å²) in [5.41, 5.74) is 0.999. The molecule has 13 heteroatoms. The predicted octanol–water partition coefficient (Wildman–Crippen LogP) is 7.15. The van der Waals surface area contributed by atoms with E-state index in [1.54, 1.807) is 94.5 Å². The number of carbonyl (C=O) groups is 3. The smallest absolute Gasteiger partial charge is 0.419 e. The summed E-state index contributed by atoms with van der Waals surface area (Å²) in [4.78, 5) is 48.1. The van der Waals surface area contributed by atoms with Gasteiger partial charge in [-0.05, 0) is 80.4 Å². The summed E-state index contributed by atoms with van der Waals surface area (Å²) in [5, 5.41) is 0. The van der Waals surface area contributed by atoms with Crippen molar-refractivity contribution in [2.24, 2.45) is 7.05 Å². The Morgan fingerprint density at radius 2 is 1.60 bits per heavy atom.